The van der Waals surface area contributed by atoms with Crippen LogP contribution in [0.25, 0.3) is 0 Å². The molecule has 94 valence electrons. The Labute approximate surface area is 105 Å². The van der Waals surface area contributed by atoms with Crippen LogP contribution in [0, 0.1) is 11.8 Å². The van der Waals surface area contributed by atoms with Crippen molar-refractivity contribution in [1.29, 1.82) is 0 Å². The van der Waals surface area contributed by atoms with Crippen LogP contribution >= 0.6 is 0 Å². The number of hydrogen-bond acceptors (Lipinski definition) is 1. The third-order valence-corrected chi connectivity index (χ3v) is 4.15. The fraction of sp³-hybridized carbons (Fsp3) is 0.625. The molecule has 1 aromatic carbocycles. The van der Waals surface area contributed by atoms with Crippen LogP contribution in [-0.2, 0) is 6.42 Å². The number of aryl methyl sites for hydroxylation is 1. The topological polar surface area (TPSA) is 26.0 Å². The normalized spacial score (nSPS) is 26.1. The molecule has 1 aliphatic carbocycles. The summed E-state index contributed by atoms with van der Waals surface area (Å²) in [5.74, 6) is 1.56. The minimum atomic E-state index is 0.246. The van der Waals surface area contributed by atoms with Gasteiger partial charge in [0.25, 0.3) is 0 Å². The summed E-state index contributed by atoms with van der Waals surface area (Å²) in [4.78, 5) is 0. The molecule has 1 heteroatoms. The van der Waals surface area contributed by atoms with Gasteiger partial charge >= 0.3 is 0 Å². The van der Waals surface area contributed by atoms with Crippen LogP contribution in [-0.4, -0.2) is 0 Å². The maximum absolute atomic E-state index is 6.39. The van der Waals surface area contributed by atoms with E-state index in [0.29, 0.717) is 5.92 Å². The standard InChI is InChI=1S/C16H25N/c1-3-4-13-6-9-14(10-7-13)16(17)15-8-5-12(2)11-15/h6-7,9-10,12,15-16H,3-5,8,11,17H2,1-2H3. The van der Waals surface area contributed by atoms with Crippen molar-refractivity contribution in [1.82, 2.24) is 0 Å². The molecular weight excluding hydrogens is 206 g/mol. The van der Waals surface area contributed by atoms with Crippen molar-refractivity contribution in [2.24, 2.45) is 17.6 Å². The molecule has 1 aliphatic rings. The van der Waals surface area contributed by atoms with Crippen molar-refractivity contribution in [2.45, 2.75) is 52.0 Å². The average Bonchev–Trinajstić information content (AvgIpc) is 2.76. The fourth-order valence-corrected chi connectivity index (χ4v) is 3.04. The first-order valence-corrected chi connectivity index (χ1v) is 7.05. The highest BCUT2D eigenvalue weighted by atomic mass is 14.7. The zero-order chi connectivity index (χ0) is 12.3. The van der Waals surface area contributed by atoms with E-state index in [9.17, 15) is 0 Å². The third-order valence-electron chi connectivity index (χ3n) is 4.15. The van der Waals surface area contributed by atoms with Gasteiger partial charge in [-0.25, -0.2) is 0 Å². The van der Waals surface area contributed by atoms with Gasteiger partial charge in [-0.2, -0.15) is 0 Å². The highest BCUT2D eigenvalue weighted by Gasteiger charge is 2.27. The fourth-order valence-electron chi connectivity index (χ4n) is 3.04. The first kappa shape index (κ1) is 12.6. The third kappa shape index (κ3) is 3.10. The van der Waals surface area contributed by atoms with E-state index in [0.717, 1.165) is 5.92 Å². The van der Waals surface area contributed by atoms with E-state index in [2.05, 4.69) is 38.1 Å². The lowest BCUT2D eigenvalue weighted by Gasteiger charge is -2.19. The molecule has 1 aromatic rings. The lowest BCUT2D eigenvalue weighted by Crippen LogP contribution is -2.19. The quantitative estimate of drug-likeness (QED) is 0.830. The van der Waals surface area contributed by atoms with Crippen molar-refractivity contribution in [3.63, 3.8) is 0 Å². The zero-order valence-electron chi connectivity index (χ0n) is 11.2. The molecule has 0 amide bonds. The Morgan fingerprint density at radius 2 is 1.94 bits per heavy atom. The maximum atomic E-state index is 6.39. The molecule has 0 aromatic heterocycles. The minimum Gasteiger partial charge on any atom is -0.324 e. The summed E-state index contributed by atoms with van der Waals surface area (Å²) in [6, 6.07) is 9.21. The van der Waals surface area contributed by atoms with E-state index in [-0.39, 0.29) is 6.04 Å². The van der Waals surface area contributed by atoms with Crippen molar-refractivity contribution in [2.75, 3.05) is 0 Å². The summed E-state index contributed by atoms with van der Waals surface area (Å²) in [6.07, 6.45) is 6.35. The van der Waals surface area contributed by atoms with Crippen LogP contribution in [0.3, 0.4) is 0 Å². The van der Waals surface area contributed by atoms with Crippen LogP contribution in [0.15, 0.2) is 24.3 Å². The first-order chi connectivity index (χ1) is 8.20. The number of nitrogens with two attached hydrogens (primary N) is 1. The molecule has 0 heterocycles. The van der Waals surface area contributed by atoms with Gasteiger partial charge in [0.05, 0.1) is 0 Å². The Bertz CT molecular complexity index is 341. The van der Waals surface area contributed by atoms with E-state index in [1.165, 1.54) is 43.2 Å². The lowest BCUT2D eigenvalue weighted by molar-refractivity contribution is 0.428. The number of hydrogen-bond donors (Lipinski definition) is 1. The molecule has 0 bridgehead atoms. The van der Waals surface area contributed by atoms with Crippen LogP contribution < -0.4 is 5.73 Å². The van der Waals surface area contributed by atoms with Crippen LogP contribution in [0.2, 0.25) is 0 Å². The lowest BCUT2D eigenvalue weighted by atomic mass is 9.91. The van der Waals surface area contributed by atoms with E-state index in [1.54, 1.807) is 0 Å². The van der Waals surface area contributed by atoms with Gasteiger partial charge in [-0.3, -0.25) is 0 Å². The van der Waals surface area contributed by atoms with Gasteiger partial charge in [0, 0.05) is 6.04 Å². The van der Waals surface area contributed by atoms with Gasteiger partial charge in [0.2, 0.25) is 0 Å². The van der Waals surface area contributed by atoms with Crippen LogP contribution in [0.4, 0.5) is 0 Å². The summed E-state index contributed by atoms with van der Waals surface area (Å²) in [7, 11) is 0. The second kappa shape index (κ2) is 5.68. The summed E-state index contributed by atoms with van der Waals surface area (Å²) >= 11 is 0. The summed E-state index contributed by atoms with van der Waals surface area (Å²) < 4.78 is 0. The van der Waals surface area contributed by atoms with E-state index in [4.69, 9.17) is 5.73 Å². The Balaban J connectivity index is 2.01. The molecule has 1 fully saturated rings. The number of benzene rings is 1. The Hall–Kier alpha value is -0.820. The molecule has 1 saturated carbocycles. The van der Waals surface area contributed by atoms with E-state index in [1.807, 2.05) is 0 Å². The van der Waals surface area contributed by atoms with E-state index >= 15 is 0 Å². The van der Waals surface area contributed by atoms with Crippen LogP contribution in [0.5, 0.6) is 0 Å². The summed E-state index contributed by atoms with van der Waals surface area (Å²) in [5, 5.41) is 0. The van der Waals surface area contributed by atoms with Gasteiger partial charge < -0.3 is 5.73 Å². The molecule has 0 spiro atoms. The van der Waals surface area contributed by atoms with Crippen molar-refractivity contribution >= 4 is 0 Å². The molecule has 2 N–H and O–H groups in total. The molecule has 0 radical (unpaired) electrons. The Morgan fingerprint density at radius 1 is 1.24 bits per heavy atom. The zero-order valence-corrected chi connectivity index (χ0v) is 11.2. The largest absolute Gasteiger partial charge is 0.324 e. The SMILES string of the molecule is CCCc1ccc(C(N)C2CCC(C)C2)cc1. The summed E-state index contributed by atoms with van der Waals surface area (Å²) in [5.41, 5.74) is 9.14. The second-order valence-corrected chi connectivity index (χ2v) is 5.70. The molecular formula is C16H25N. The molecule has 3 unspecified atom stereocenters. The Morgan fingerprint density at radius 3 is 2.47 bits per heavy atom. The number of rotatable bonds is 4. The smallest absolute Gasteiger partial charge is 0.0323 e. The van der Waals surface area contributed by atoms with Gasteiger partial charge in [-0.15, -0.1) is 0 Å². The van der Waals surface area contributed by atoms with Crippen molar-refractivity contribution in [3.05, 3.63) is 35.4 Å². The highest BCUT2D eigenvalue weighted by molar-refractivity contribution is 5.25. The molecule has 2 rings (SSSR count). The molecule has 0 saturated heterocycles. The van der Waals surface area contributed by atoms with Crippen molar-refractivity contribution < 1.29 is 0 Å². The molecule has 17 heavy (non-hydrogen) atoms. The van der Waals surface area contributed by atoms with Gasteiger partial charge in [-0.1, -0.05) is 51.0 Å². The second-order valence-electron chi connectivity index (χ2n) is 5.70. The highest BCUT2D eigenvalue weighted by Crippen LogP contribution is 2.37. The molecule has 1 nitrogen and oxygen atoms in total. The summed E-state index contributed by atoms with van der Waals surface area (Å²) in [6.45, 7) is 4.57. The maximum Gasteiger partial charge on any atom is 0.0323 e. The molecule has 3 atom stereocenters. The predicted octanol–water partition coefficient (Wildman–Crippen LogP) is 4.08. The van der Waals surface area contributed by atoms with Gasteiger partial charge in [-0.05, 0) is 42.2 Å². The van der Waals surface area contributed by atoms with Crippen molar-refractivity contribution in [3.8, 4) is 0 Å². The first-order valence-electron chi connectivity index (χ1n) is 7.05. The average molecular weight is 231 g/mol. The monoisotopic (exact) mass is 231 g/mol. The van der Waals surface area contributed by atoms with Gasteiger partial charge in [0.15, 0.2) is 0 Å². The molecule has 0 aliphatic heterocycles. The predicted molar refractivity (Wildman–Crippen MR) is 73.9 cm³/mol. The van der Waals surface area contributed by atoms with E-state index < -0.39 is 0 Å². The van der Waals surface area contributed by atoms with Crippen LogP contribution in [0.1, 0.15) is 56.7 Å². The van der Waals surface area contributed by atoms with Gasteiger partial charge in [0.1, 0.15) is 0 Å². The Kier molecular flexibility index (Phi) is 4.22. The minimum absolute atomic E-state index is 0.246.